The zero-order chi connectivity index (χ0) is 15.7. The summed E-state index contributed by atoms with van der Waals surface area (Å²) >= 11 is 0. The van der Waals surface area contributed by atoms with E-state index in [1.807, 2.05) is 0 Å². The lowest BCUT2D eigenvalue weighted by Gasteiger charge is -2.58. The molecule has 0 radical (unpaired) electrons. The van der Waals surface area contributed by atoms with Gasteiger partial charge in [0, 0.05) is 35.2 Å². The molecule has 1 aromatic carbocycles. The van der Waals surface area contributed by atoms with Gasteiger partial charge in [-0.2, -0.15) is 0 Å². The van der Waals surface area contributed by atoms with Gasteiger partial charge in [-0.15, -0.1) is 0 Å². The minimum absolute atomic E-state index is 0.576. The Kier molecular flexibility index (Phi) is 2.76. The molecule has 1 N–H and O–H groups in total. The normalized spacial score (nSPS) is 36.5. The number of benzene rings is 1. The molecule has 4 bridgehead atoms. The molecule has 0 spiro atoms. The second-order valence-corrected chi connectivity index (χ2v) is 7.45. The second kappa shape index (κ2) is 4.64. The highest BCUT2D eigenvalue weighted by Crippen LogP contribution is 2.53. The summed E-state index contributed by atoms with van der Waals surface area (Å²) in [5.74, 6) is 2.47. The molecule has 2 aromatic rings. The largest absolute Gasteiger partial charge is 0.497 e. The van der Waals surface area contributed by atoms with Crippen LogP contribution in [-0.2, 0) is 6.42 Å². The van der Waals surface area contributed by atoms with E-state index in [-0.39, 0.29) is 0 Å². The van der Waals surface area contributed by atoms with Crippen molar-refractivity contribution in [1.29, 1.82) is 0 Å². The predicted octanol–water partition coefficient (Wildman–Crippen LogP) is 4.06. The fourth-order valence-corrected chi connectivity index (χ4v) is 5.42. The smallest absolute Gasteiger partial charge is 0.120 e. The summed E-state index contributed by atoms with van der Waals surface area (Å²) in [4.78, 5) is 6.50. The summed E-state index contributed by atoms with van der Waals surface area (Å²) < 4.78 is 5.40. The molecule has 0 aliphatic carbocycles. The molecule has 4 aliphatic rings. The summed E-state index contributed by atoms with van der Waals surface area (Å²) in [5.41, 5.74) is 5.92. The fraction of sp³-hybridized carbons (Fsp3) is 0.500. The standard InChI is InChI=1S/C20H24N2O/c1-4-12-10-22-18-9-16-14-6-5-13(23-3)7-17(14)21-20(16)19(22)8-15(12)11(18)2/h4-7,11,15,18-19,21H,8-10H2,1-3H3/b12-4-/t11?,15-,18+,19+/m1/s1. The molecule has 2 unspecified atom stereocenters. The number of rotatable bonds is 1. The topological polar surface area (TPSA) is 28.3 Å². The van der Waals surface area contributed by atoms with E-state index in [2.05, 4.69) is 48.0 Å². The molecule has 4 aliphatic heterocycles. The van der Waals surface area contributed by atoms with Gasteiger partial charge in [-0.25, -0.2) is 0 Å². The summed E-state index contributed by atoms with van der Waals surface area (Å²) in [6.07, 6.45) is 4.82. The van der Waals surface area contributed by atoms with Crippen molar-refractivity contribution in [1.82, 2.24) is 9.88 Å². The van der Waals surface area contributed by atoms with Crippen molar-refractivity contribution in [3.8, 4) is 5.75 Å². The van der Waals surface area contributed by atoms with Crippen LogP contribution in [0.1, 0.15) is 37.6 Å². The van der Waals surface area contributed by atoms with Crippen LogP contribution in [0.15, 0.2) is 29.8 Å². The van der Waals surface area contributed by atoms with Crippen LogP contribution in [0, 0.1) is 11.8 Å². The zero-order valence-corrected chi connectivity index (χ0v) is 14.1. The average molecular weight is 308 g/mol. The van der Waals surface area contributed by atoms with E-state index < -0.39 is 0 Å². The molecule has 1 aromatic heterocycles. The first kappa shape index (κ1) is 13.7. The van der Waals surface area contributed by atoms with Gasteiger partial charge in [0.2, 0.25) is 0 Å². The Bertz CT molecular complexity index is 818. The summed E-state index contributed by atoms with van der Waals surface area (Å²) in [7, 11) is 1.74. The molecule has 3 saturated heterocycles. The summed E-state index contributed by atoms with van der Waals surface area (Å²) in [6.45, 7) is 5.84. The zero-order valence-electron chi connectivity index (χ0n) is 14.1. The van der Waals surface area contributed by atoms with Gasteiger partial charge < -0.3 is 9.72 Å². The van der Waals surface area contributed by atoms with E-state index in [1.165, 1.54) is 36.0 Å². The van der Waals surface area contributed by atoms with Crippen molar-refractivity contribution >= 4 is 10.9 Å². The first-order chi connectivity index (χ1) is 11.2. The van der Waals surface area contributed by atoms with Gasteiger partial charge in [0.15, 0.2) is 0 Å². The van der Waals surface area contributed by atoms with Crippen LogP contribution in [-0.4, -0.2) is 29.6 Å². The lowest BCUT2D eigenvalue weighted by molar-refractivity contribution is -0.0238. The van der Waals surface area contributed by atoms with Gasteiger partial charge in [-0.3, -0.25) is 4.90 Å². The molecule has 0 saturated carbocycles. The highest BCUT2D eigenvalue weighted by molar-refractivity contribution is 5.86. The molecule has 3 nitrogen and oxygen atoms in total. The molecule has 0 amide bonds. The molecule has 5 heterocycles. The first-order valence-corrected chi connectivity index (χ1v) is 8.80. The highest BCUT2D eigenvalue weighted by atomic mass is 16.5. The van der Waals surface area contributed by atoms with E-state index in [1.54, 1.807) is 18.2 Å². The molecule has 5 atom stereocenters. The van der Waals surface area contributed by atoms with Crippen molar-refractivity contribution < 1.29 is 4.74 Å². The minimum Gasteiger partial charge on any atom is -0.497 e. The SMILES string of the molecule is C/C=C1/CN2[C@H]3C[C@@H]1C(C)[C@@H]2Cc1c3[nH]c2cc(OC)ccc12. The van der Waals surface area contributed by atoms with Crippen LogP contribution in [0.25, 0.3) is 10.9 Å². The molecule has 3 heteroatoms. The number of hydrogen-bond donors (Lipinski definition) is 1. The molecule has 120 valence electrons. The number of methoxy groups -OCH3 is 1. The monoisotopic (exact) mass is 308 g/mol. The Morgan fingerprint density at radius 2 is 2.22 bits per heavy atom. The Morgan fingerprint density at radius 3 is 3.00 bits per heavy atom. The van der Waals surface area contributed by atoms with Crippen LogP contribution in [0.5, 0.6) is 5.75 Å². The number of nitrogens with zero attached hydrogens (tertiary/aromatic N) is 1. The van der Waals surface area contributed by atoms with E-state index in [0.717, 1.165) is 17.6 Å². The van der Waals surface area contributed by atoms with Crippen LogP contribution in [0.2, 0.25) is 0 Å². The first-order valence-electron chi connectivity index (χ1n) is 8.80. The van der Waals surface area contributed by atoms with Crippen LogP contribution in [0.4, 0.5) is 0 Å². The summed E-state index contributed by atoms with van der Waals surface area (Å²) in [6, 6.07) is 7.75. The Balaban J connectivity index is 1.66. The number of nitrogens with one attached hydrogen (secondary N) is 1. The van der Waals surface area contributed by atoms with Crippen molar-refractivity contribution in [2.45, 2.75) is 38.8 Å². The van der Waals surface area contributed by atoms with E-state index >= 15 is 0 Å². The average Bonchev–Trinajstić information content (AvgIpc) is 2.95. The van der Waals surface area contributed by atoms with Crippen LogP contribution in [0.3, 0.4) is 0 Å². The number of fused-ring (bicyclic) bond motifs is 4. The van der Waals surface area contributed by atoms with E-state index in [0.29, 0.717) is 12.1 Å². The van der Waals surface area contributed by atoms with Crippen LogP contribution < -0.4 is 4.74 Å². The van der Waals surface area contributed by atoms with Crippen LogP contribution >= 0.6 is 0 Å². The number of aromatic amines is 1. The molecule has 3 fully saturated rings. The lowest BCUT2D eigenvalue weighted by Crippen LogP contribution is -2.59. The van der Waals surface area contributed by atoms with Crippen molar-refractivity contribution in [2.24, 2.45) is 11.8 Å². The third-order valence-corrected chi connectivity index (χ3v) is 6.65. The van der Waals surface area contributed by atoms with Gasteiger partial charge in [0.05, 0.1) is 13.2 Å². The maximum absolute atomic E-state index is 5.40. The number of piperidine rings is 3. The number of H-pyrrole nitrogens is 1. The Hall–Kier alpha value is -1.74. The third kappa shape index (κ3) is 1.69. The maximum Gasteiger partial charge on any atom is 0.120 e. The maximum atomic E-state index is 5.40. The van der Waals surface area contributed by atoms with E-state index in [9.17, 15) is 0 Å². The second-order valence-electron chi connectivity index (χ2n) is 7.45. The van der Waals surface area contributed by atoms with Gasteiger partial charge >= 0.3 is 0 Å². The molecule has 6 rings (SSSR count). The van der Waals surface area contributed by atoms with Crippen molar-refractivity contribution in [3.63, 3.8) is 0 Å². The number of aromatic nitrogens is 1. The van der Waals surface area contributed by atoms with Crippen molar-refractivity contribution in [3.05, 3.63) is 41.1 Å². The van der Waals surface area contributed by atoms with Gasteiger partial charge in [-0.05, 0) is 49.3 Å². The van der Waals surface area contributed by atoms with Gasteiger partial charge in [-0.1, -0.05) is 18.6 Å². The Morgan fingerprint density at radius 1 is 1.35 bits per heavy atom. The number of allylic oxidation sites excluding steroid dienone is 1. The van der Waals surface area contributed by atoms with Gasteiger partial charge in [0.1, 0.15) is 5.75 Å². The molecule has 23 heavy (non-hydrogen) atoms. The minimum atomic E-state index is 0.576. The van der Waals surface area contributed by atoms with Gasteiger partial charge in [0.25, 0.3) is 0 Å². The quantitative estimate of drug-likeness (QED) is 0.805. The molecular formula is C20H24N2O. The Labute approximate surface area is 137 Å². The molecular weight excluding hydrogens is 284 g/mol. The van der Waals surface area contributed by atoms with Crippen molar-refractivity contribution in [2.75, 3.05) is 13.7 Å². The number of ether oxygens (including phenoxy) is 1. The van der Waals surface area contributed by atoms with E-state index in [4.69, 9.17) is 4.74 Å². The summed E-state index contributed by atoms with van der Waals surface area (Å²) in [5, 5.41) is 1.40. The predicted molar refractivity (Wildman–Crippen MR) is 92.8 cm³/mol. The lowest BCUT2D eigenvalue weighted by atomic mass is 9.64. The fourth-order valence-electron chi connectivity index (χ4n) is 5.42. The highest BCUT2D eigenvalue weighted by Gasteiger charge is 2.51. The third-order valence-electron chi connectivity index (χ3n) is 6.65. The number of hydrogen-bond acceptors (Lipinski definition) is 2.